The lowest BCUT2D eigenvalue weighted by Gasteiger charge is -2.26. The lowest BCUT2D eigenvalue weighted by Crippen LogP contribution is -2.43. The van der Waals surface area contributed by atoms with Crippen LogP contribution >= 0.6 is 22.9 Å². The summed E-state index contributed by atoms with van der Waals surface area (Å²) < 4.78 is 7.51. The standard InChI is InChI=1S/C29H35ClN4O5S/c1-18(15-31-27(37)24-11-12-25(30)40-24)16-34(20(3)35)21-9-10-22(19(2)14-21)33-13-7-8-23(28(33)38)39-17-26(36)32-29(4,5)6/h7-14,18H,15-17H2,1-6H3,(H,31,37)(H,32,36)/t18-/m0/s1. The fraction of sp³-hybridized carbons (Fsp3) is 0.379. The minimum absolute atomic E-state index is 0.0322. The van der Waals surface area contributed by atoms with Crippen LogP contribution < -0.4 is 25.8 Å². The second kappa shape index (κ2) is 13.1. The van der Waals surface area contributed by atoms with Crippen LogP contribution in [-0.2, 0) is 9.59 Å². The smallest absolute Gasteiger partial charge is 0.297 e. The maximum absolute atomic E-state index is 13.1. The van der Waals surface area contributed by atoms with Crippen molar-refractivity contribution in [3.63, 3.8) is 0 Å². The predicted octanol–water partition coefficient (Wildman–Crippen LogP) is 4.57. The molecular weight excluding hydrogens is 552 g/mol. The monoisotopic (exact) mass is 586 g/mol. The molecular formula is C29H35ClN4O5S. The number of rotatable bonds is 10. The zero-order chi connectivity index (χ0) is 29.6. The summed E-state index contributed by atoms with van der Waals surface area (Å²) in [5.74, 6) is -0.644. The number of nitrogens with zero attached hydrogens (tertiary/aromatic N) is 2. The maximum Gasteiger partial charge on any atom is 0.297 e. The summed E-state index contributed by atoms with van der Waals surface area (Å²) in [7, 11) is 0. The van der Waals surface area contributed by atoms with Crippen LogP contribution in [0.1, 0.15) is 49.9 Å². The predicted molar refractivity (Wildman–Crippen MR) is 159 cm³/mol. The molecule has 40 heavy (non-hydrogen) atoms. The molecule has 2 aromatic heterocycles. The van der Waals surface area contributed by atoms with Crippen LogP contribution in [0.3, 0.4) is 0 Å². The molecule has 0 spiro atoms. The third kappa shape index (κ3) is 8.43. The topological polar surface area (TPSA) is 110 Å². The molecule has 0 aliphatic carbocycles. The van der Waals surface area contributed by atoms with E-state index in [1.54, 1.807) is 41.4 Å². The van der Waals surface area contributed by atoms with Gasteiger partial charge in [-0.25, -0.2) is 0 Å². The van der Waals surface area contributed by atoms with Crippen LogP contribution in [0.15, 0.2) is 53.5 Å². The number of hydrogen-bond donors (Lipinski definition) is 2. The van der Waals surface area contributed by atoms with Crippen molar-refractivity contribution < 1.29 is 19.1 Å². The number of carbonyl (C=O) groups is 3. The summed E-state index contributed by atoms with van der Waals surface area (Å²) in [6.45, 7) is 11.4. The molecule has 0 unspecified atom stereocenters. The van der Waals surface area contributed by atoms with Crippen molar-refractivity contribution in [1.29, 1.82) is 0 Å². The number of anilines is 1. The van der Waals surface area contributed by atoms with Gasteiger partial charge >= 0.3 is 0 Å². The first-order valence-electron chi connectivity index (χ1n) is 12.8. The van der Waals surface area contributed by atoms with Gasteiger partial charge in [-0.05, 0) is 81.6 Å². The number of ether oxygens (including phenoxy) is 1. The number of aryl methyl sites for hydroxylation is 1. The Balaban J connectivity index is 1.72. The molecule has 0 bridgehead atoms. The van der Waals surface area contributed by atoms with Crippen LogP contribution in [0.2, 0.25) is 4.34 Å². The Morgan fingerprint density at radius 1 is 1.15 bits per heavy atom. The summed E-state index contributed by atoms with van der Waals surface area (Å²) in [5, 5.41) is 5.68. The third-order valence-corrected chi connectivity index (χ3v) is 7.05. The average Bonchev–Trinajstić information content (AvgIpc) is 3.30. The zero-order valence-electron chi connectivity index (χ0n) is 23.5. The molecule has 0 aliphatic rings. The van der Waals surface area contributed by atoms with Gasteiger partial charge in [0.05, 0.1) is 14.9 Å². The van der Waals surface area contributed by atoms with Crippen molar-refractivity contribution in [1.82, 2.24) is 15.2 Å². The Hall–Kier alpha value is -3.63. The van der Waals surface area contributed by atoms with E-state index < -0.39 is 11.1 Å². The highest BCUT2D eigenvalue weighted by Crippen LogP contribution is 2.24. The van der Waals surface area contributed by atoms with Crippen LogP contribution in [0.5, 0.6) is 5.75 Å². The van der Waals surface area contributed by atoms with Gasteiger partial charge < -0.3 is 20.3 Å². The van der Waals surface area contributed by atoms with Gasteiger partial charge in [-0.3, -0.25) is 23.7 Å². The number of hydrogen-bond acceptors (Lipinski definition) is 6. The lowest BCUT2D eigenvalue weighted by atomic mass is 10.1. The summed E-state index contributed by atoms with van der Waals surface area (Å²) >= 11 is 7.13. The first-order valence-corrected chi connectivity index (χ1v) is 14.0. The lowest BCUT2D eigenvalue weighted by molar-refractivity contribution is -0.124. The molecule has 3 amide bonds. The highest BCUT2D eigenvalue weighted by Gasteiger charge is 2.19. The van der Waals surface area contributed by atoms with Crippen molar-refractivity contribution in [3.05, 3.63) is 73.8 Å². The molecule has 1 atom stereocenters. The van der Waals surface area contributed by atoms with Gasteiger partial charge in [0.2, 0.25) is 5.91 Å². The molecule has 0 radical (unpaired) electrons. The summed E-state index contributed by atoms with van der Waals surface area (Å²) in [4.78, 5) is 52.3. The number of thiophene rings is 1. The molecule has 1 aromatic carbocycles. The van der Waals surface area contributed by atoms with E-state index in [1.807, 2.05) is 40.7 Å². The minimum atomic E-state index is -0.408. The summed E-state index contributed by atoms with van der Waals surface area (Å²) in [5.41, 5.74) is 1.26. The number of nitrogens with one attached hydrogen (secondary N) is 2. The Morgan fingerprint density at radius 2 is 1.88 bits per heavy atom. The first kappa shape index (κ1) is 30.9. The molecule has 2 heterocycles. The molecule has 0 aliphatic heterocycles. The normalized spacial score (nSPS) is 12.0. The first-order chi connectivity index (χ1) is 18.7. The van der Waals surface area contributed by atoms with E-state index in [0.717, 1.165) is 5.56 Å². The second-order valence-electron chi connectivity index (χ2n) is 10.7. The molecule has 0 saturated heterocycles. The van der Waals surface area contributed by atoms with E-state index in [1.165, 1.54) is 28.9 Å². The maximum atomic E-state index is 13.1. The summed E-state index contributed by atoms with van der Waals surface area (Å²) in [6.07, 6.45) is 1.63. The SMILES string of the molecule is CC(=O)N(C[C@@H](C)CNC(=O)c1ccc(Cl)s1)c1ccc(-n2cccc(OCC(=O)NC(C)(C)C)c2=O)c(C)c1. The largest absolute Gasteiger partial charge is 0.478 e. The average molecular weight is 587 g/mol. The van der Waals surface area contributed by atoms with Crippen LogP contribution in [0, 0.1) is 12.8 Å². The number of amides is 3. The van der Waals surface area contributed by atoms with E-state index >= 15 is 0 Å². The molecule has 3 aromatic rings. The highest BCUT2D eigenvalue weighted by molar-refractivity contribution is 7.18. The van der Waals surface area contributed by atoms with Gasteiger partial charge in [0, 0.05) is 37.4 Å². The molecule has 0 fully saturated rings. The van der Waals surface area contributed by atoms with E-state index in [0.29, 0.717) is 33.7 Å². The van der Waals surface area contributed by atoms with Crippen LogP contribution in [0.25, 0.3) is 5.69 Å². The van der Waals surface area contributed by atoms with Gasteiger partial charge in [-0.1, -0.05) is 18.5 Å². The molecule has 3 rings (SSSR count). The molecule has 0 saturated carbocycles. The second-order valence-corrected chi connectivity index (χ2v) is 12.4. The minimum Gasteiger partial charge on any atom is -0.478 e. The van der Waals surface area contributed by atoms with Crippen molar-refractivity contribution in [3.8, 4) is 11.4 Å². The number of aromatic nitrogens is 1. The fourth-order valence-corrected chi connectivity index (χ4v) is 4.99. The van der Waals surface area contributed by atoms with E-state index in [2.05, 4.69) is 10.6 Å². The van der Waals surface area contributed by atoms with Crippen molar-refractivity contribution in [2.45, 2.75) is 47.1 Å². The van der Waals surface area contributed by atoms with Gasteiger partial charge in [0.25, 0.3) is 17.4 Å². The van der Waals surface area contributed by atoms with Gasteiger partial charge in [-0.15, -0.1) is 11.3 Å². The van der Waals surface area contributed by atoms with E-state index in [9.17, 15) is 19.2 Å². The third-order valence-electron chi connectivity index (χ3n) is 5.82. The quantitative estimate of drug-likeness (QED) is 0.362. The fourth-order valence-electron chi connectivity index (χ4n) is 4.03. The Morgan fingerprint density at radius 3 is 2.48 bits per heavy atom. The Kier molecular flexibility index (Phi) is 10.2. The number of benzene rings is 1. The van der Waals surface area contributed by atoms with Crippen molar-refractivity contribution in [2.24, 2.45) is 5.92 Å². The van der Waals surface area contributed by atoms with Gasteiger partial charge in [0.1, 0.15) is 0 Å². The van der Waals surface area contributed by atoms with Crippen molar-refractivity contribution in [2.75, 3.05) is 24.6 Å². The Bertz CT molecular complexity index is 1440. The van der Waals surface area contributed by atoms with Crippen LogP contribution in [-0.4, -0.2) is 47.5 Å². The van der Waals surface area contributed by atoms with Crippen LogP contribution in [0.4, 0.5) is 5.69 Å². The molecule has 11 heteroatoms. The number of halogens is 1. The Labute approximate surface area is 243 Å². The van der Waals surface area contributed by atoms with Crippen molar-refractivity contribution >= 4 is 46.3 Å². The van der Waals surface area contributed by atoms with E-state index in [-0.39, 0.29) is 36.0 Å². The zero-order valence-corrected chi connectivity index (χ0v) is 25.1. The molecule has 214 valence electrons. The highest BCUT2D eigenvalue weighted by atomic mass is 35.5. The molecule has 9 nitrogen and oxygen atoms in total. The van der Waals surface area contributed by atoms with E-state index in [4.69, 9.17) is 16.3 Å². The summed E-state index contributed by atoms with van der Waals surface area (Å²) in [6, 6.07) is 11.9. The number of carbonyl (C=O) groups excluding carboxylic acids is 3. The molecule has 2 N–H and O–H groups in total. The number of pyridine rings is 1. The van der Waals surface area contributed by atoms with Gasteiger partial charge in [0.15, 0.2) is 12.4 Å². The van der Waals surface area contributed by atoms with Gasteiger partial charge in [-0.2, -0.15) is 0 Å².